The van der Waals surface area contributed by atoms with Crippen LogP contribution in [-0.2, 0) is 16.8 Å². The predicted octanol–water partition coefficient (Wildman–Crippen LogP) is -0.590. The molecule has 2 N–H and O–H groups in total. The van der Waals surface area contributed by atoms with E-state index in [4.69, 9.17) is 10.2 Å². The number of carbonyl (C=O) groups is 1. The minimum atomic E-state index is -3.46. The van der Waals surface area contributed by atoms with Gasteiger partial charge in [0.25, 0.3) is 16.1 Å². The van der Waals surface area contributed by atoms with Crippen LogP contribution in [0.1, 0.15) is 16.1 Å². The van der Waals surface area contributed by atoms with Crippen LogP contribution in [0.3, 0.4) is 0 Å². The summed E-state index contributed by atoms with van der Waals surface area (Å²) in [6.45, 7) is 4.09. The highest BCUT2D eigenvalue weighted by Gasteiger charge is 2.34. The van der Waals surface area contributed by atoms with Gasteiger partial charge in [0.1, 0.15) is 12.0 Å². The van der Waals surface area contributed by atoms with Crippen molar-refractivity contribution in [3.8, 4) is 0 Å². The highest BCUT2D eigenvalue weighted by atomic mass is 35.5. The number of nitrogens with zero attached hydrogens (tertiary/aromatic N) is 4. The molecule has 11 heteroatoms. The Hall–Kier alpha value is -1.17. The van der Waals surface area contributed by atoms with Crippen molar-refractivity contribution in [1.29, 1.82) is 0 Å². The normalized spacial score (nSPS) is 20.8. The molecule has 1 aromatic rings. The minimum Gasteiger partial charge on any atom is -0.467 e. The molecule has 0 aromatic carbocycles. The minimum absolute atomic E-state index is 0. The Bertz CT molecular complexity index is 709. The van der Waals surface area contributed by atoms with Gasteiger partial charge >= 0.3 is 0 Å². The number of amides is 1. The summed E-state index contributed by atoms with van der Waals surface area (Å²) in [5, 5.41) is 0. The molecule has 2 fully saturated rings. The lowest BCUT2D eigenvalue weighted by Crippen LogP contribution is -2.57. The van der Waals surface area contributed by atoms with E-state index in [0.29, 0.717) is 50.6 Å². The molecule has 0 saturated carbocycles. The summed E-state index contributed by atoms with van der Waals surface area (Å²) in [4.78, 5) is 16.2. The molecule has 1 amide bonds. The first-order valence-corrected chi connectivity index (χ1v) is 9.82. The lowest BCUT2D eigenvalue weighted by molar-refractivity contribution is 0.0691. The van der Waals surface area contributed by atoms with E-state index < -0.39 is 10.2 Å². The highest BCUT2D eigenvalue weighted by Crippen LogP contribution is 2.17. The van der Waals surface area contributed by atoms with E-state index >= 15 is 0 Å². The first-order valence-electron chi connectivity index (χ1n) is 8.42. The van der Waals surface area contributed by atoms with Crippen LogP contribution >= 0.6 is 12.4 Å². The van der Waals surface area contributed by atoms with Crippen molar-refractivity contribution in [2.75, 3.05) is 59.4 Å². The Morgan fingerprint density at radius 3 is 2.12 bits per heavy atom. The molecular formula is C15H26ClN5O4S. The third-order valence-corrected chi connectivity index (χ3v) is 6.78. The summed E-state index contributed by atoms with van der Waals surface area (Å²) >= 11 is 0. The maximum absolute atomic E-state index is 12.7. The van der Waals surface area contributed by atoms with Crippen LogP contribution in [-0.4, -0.2) is 92.1 Å². The Morgan fingerprint density at radius 2 is 1.62 bits per heavy atom. The molecule has 3 rings (SSSR count). The monoisotopic (exact) mass is 407 g/mol. The van der Waals surface area contributed by atoms with Crippen LogP contribution in [0.4, 0.5) is 0 Å². The van der Waals surface area contributed by atoms with E-state index in [2.05, 4.69) is 4.90 Å². The number of hydrogen-bond donors (Lipinski definition) is 1. The van der Waals surface area contributed by atoms with Gasteiger partial charge in [-0.25, -0.2) is 0 Å². The lowest BCUT2D eigenvalue weighted by Gasteiger charge is -2.39. The van der Waals surface area contributed by atoms with Crippen LogP contribution in [0.2, 0.25) is 0 Å². The van der Waals surface area contributed by atoms with Crippen molar-refractivity contribution >= 4 is 28.5 Å². The maximum Gasteiger partial charge on any atom is 0.282 e. The van der Waals surface area contributed by atoms with Crippen LogP contribution in [0.5, 0.6) is 0 Å². The molecule has 2 saturated heterocycles. The van der Waals surface area contributed by atoms with Crippen molar-refractivity contribution in [2.45, 2.75) is 6.54 Å². The summed E-state index contributed by atoms with van der Waals surface area (Å²) in [6, 6.07) is 1.63. The fourth-order valence-electron chi connectivity index (χ4n) is 3.09. The van der Waals surface area contributed by atoms with Crippen LogP contribution < -0.4 is 5.73 Å². The second kappa shape index (κ2) is 8.68. The number of likely N-dealkylation sites (N-methyl/N-ethyl adjacent to an activating group) is 1. The zero-order valence-electron chi connectivity index (χ0n) is 14.8. The van der Waals surface area contributed by atoms with E-state index in [1.165, 1.54) is 14.9 Å². The van der Waals surface area contributed by atoms with Crippen molar-refractivity contribution in [1.82, 2.24) is 18.4 Å². The Labute approximate surface area is 160 Å². The number of nitrogens with two attached hydrogens (primary N) is 1. The first kappa shape index (κ1) is 21.1. The van der Waals surface area contributed by atoms with Crippen LogP contribution in [0, 0.1) is 0 Å². The van der Waals surface area contributed by atoms with Gasteiger partial charge in [0, 0.05) is 52.4 Å². The Kier molecular flexibility index (Phi) is 7.05. The third kappa shape index (κ3) is 4.38. The van der Waals surface area contributed by atoms with Gasteiger partial charge in [0.15, 0.2) is 0 Å². The number of furan rings is 1. The topological polar surface area (TPSA) is 103 Å². The molecule has 0 spiro atoms. The summed E-state index contributed by atoms with van der Waals surface area (Å²) in [7, 11) is -1.47. The number of rotatable bonds is 4. The average molecular weight is 408 g/mol. The fourth-order valence-corrected chi connectivity index (χ4v) is 4.66. The molecule has 26 heavy (non-hydrogen) atoms. The molecular weight excluding hydrogens is 382 g/mol. The molecule has 0 bridgehead atoms. The second-order valence-corrected chi connectivity index (χ2v) is 8.34. The molecule has 3 heterocycles. The quantitative estimate of drug-likeness (QED) is 0.715. The highest BCUT2D eigenvalue weighted by molar-refractivity contribution is 7.86. The number of piperazine rings is 2. The van der Waals surface area contributed by atoms with E-state index in [9.17, 15) is 13.2 Å². The molecule has 0 aliphatic carbocycles. The smallest absolute Gasteiger partial charge is 0.282 e. The average Bonchev–Trinajstić information content (AvgIpc) is 3.11. The summed E-state index contributed by atoms with van der Waals surface area (Å²) in [5.41, 5.74) is 5.94. The van der Waals surface area contributed by atoms with Gasteiger partial charge in [-0.3, -0.25) is 4.79 Å². The molecule has 2 aliphatic rings. The van der Waals surface area contributed by atoms with Crippen LogP contribution in [0.15, 0.2) is 16.7 Å². The molecule has 1 aromatic heterocycles. The van der Waals surface area contributed by atoms with Gasteiger partial charge in [-0.05, 0) is 13.1 Å². The molecule has 0 atom stereocenters. The number of hydrogen-bond acceptors (Lipinski definition) is 6. The fraction of sp³-hybridized carbons (Fsp3) is 0.667. The molecule has 9 nitrogen and oxygen atoms in total. The van der Waals surface area contributed by atoms with Gasteiger partial charge in [-0.2, -0.15) is 17.0 Å². The van der Waals surface area contributed by atoms with Gasteiger partial charge in [-0.15, -0.1) is 12.4 Å². The van der Waals surface area contributed by atoms with Crippen molar-refractivity contribution in [3.05, 3.63) is 23.7 Å². The maximum atomic E-state index is 12.7. The van der Waals surface area contributed by atoms with Crippen molar-refractivity contribution in [3.63, 3.8) is 0 Å². The number of carbonyl (C=O) groups excluding carboxylic acids is 1. The van der Waals surface area contributed by atoms with E-state index in [1.54, 1.807) is 11.0 Å². The molecule has 2 aliphatic heterocycles. The zero-order valence-corrected chi connectivity index (χ0v) is 16.5. The van der Waals surface area contributed by atoms with Gasteiger partial charge in [-0.1, -0.05) is 0 Å². The first-order chi connectivity index (χ1) is 11.9. The summed E-state index contributed by atoms with van der Waals surface area (Å²) in [5.74, 6) is 0.403. The lowest BCUT2D eigenvalue weighted by atomic mass is 10.2. The summed E-state index contributed by atoms with van der Waals surface area (Å²) in [6.07, 6.45) is 1.40. The van der Waals surface area contributed by atoms with E-state index in [0.717, 1.165) is 13.1 Å². The Morgan fingerprint density at radius 1 is 1.08 bits per heavy atom. The standard InChI is InChI=1S/C15H25N5O4S.ClH/c1-17-2-6-19(7-3-17)25(22,23)20-8-4-18(5-9-20)15(21)13-10-14(11-16)24-12-13;/h10,12H,2-9,11,16H2,1H3;1H. The summed E-state index contributed by atoms with van der Waals surface area (Å²) < 4.78 is 33.7. The number of halogens is 1. The van der Waals surface area contributed by atoms with Crippen LogP contribution in [0.25, 0.3) is 0 Å². The van der Waals surface area contributed by atoms with Gasteiger partial charge < -0.3 is 20.0 Å². The van der Waals surface area contributed by atoms with E-state index in [-0.39, 0.29) is 24.9 Å². The van der Waals surface area contributed by atoms with Crippen molar-refractivity contribution in [2.24, 2.45) is 5.73 Å². The molecule has 148 valence electrons. The van der Waals surface area contributed by atoms with E-state index in [1.807, 2.05) is 7.05 Å². The van der Waals surface area contributed by atoms with Gasteiger partial charge in [0.2, 0.25) is 0 Å². The third-order valence-electron chi connectivity index (χ3n) is 4.74. The van der Waals surface area contributed by atoms with Gasteiger partial charge in [0.05, 0.1) is 12.1 Å². The largest absolute Gasteiger partial charge is 0.467 e. The molecule has 0 radical (unpaired) electrons. The van der Waals surface area contributed by atoms with Crippen molar-refractivity contribution < 1.29 is 17.6 Å². The second-order valence-electron chi connectivity index (χ2n) is 6.41. The molecule has 0 unspecified atom stereocenters. The predicted molar refractivity (Wildman–Crippen MR) is 99.3 cm³/mol. The zero-order chi connectivity index (χ0) is 18.0. The Balaban J connectivity index is 0.00000243. The SMILES string of the molecule is CN1CCN(S(=O)(=O)N2CCN(C(=O)c3coc(CN)c3)CC2)CC1.Cl.